The summed E-state index contributed by atoms with van der Waals surface area (Å²) in [5.74, 6) is -0.104. The van der Waals surface area contributed by atoms with Gasteiger partial charge in [0.15, 0.2) is 0 Å². The molecule has 2 aromatic carbocycles. The monoisotopic (exact) mass is 319 g/mol. The van der Waals surface area contributed by atoms with E-state index in [1.165, 1.54) is 0 Å². The largest absolute Gasteiger partial charge is 0.335 e. The number of nitriles is 1. The maximum atomic E-state index is 12.5. The minimum atomic E-state index is -0.0982. The first-order valence-corrected chi connectivity index (χ1v) is 7.83. The first-order valence-electron chi connectivity index (χ1n) is 7.83. The number of piperazine rings is 1. The van der Waals surface area contributed by atoms with Crippen LogP contribution in [0.15, 0.2) is 54.6 Å². The van der Waals surface area contributed by atoms with Crippen molar-refractivity contribution < 1.29 is 9.59 Å². The van der Waals surface area contributed by atoms with Gasteiger partial charge in [-0.25, -0.2) is 0 Å². The molecule has 0 aliphatic carbocycles. The van der Waals surface area contributed by atoms with Crippen molar-refractivity contribution in [1.82, 2.24) is 9.80 Å². The van der Waals surface area contributed by atoms with E-state index in [2.05, 4.69) is 0 Å². The summed E-state index contributed by atoms with van der Waals surface area (Å²) in [4.78, 5) is 28.4. The number of amides is 2. The third-order valence-electron chi connectivity index (χ3n) is 4.11. The Morgan fingerprint density at radius 3 is 1.92 bits per heavy atom. The molecule has 0 N–H and O–H groups in total. The summed E-state index contributed by atoms with van der Waals surface area (Å²) in [6.45, 7) is 2.01. The van der Waals surface area contributed by atoms with E-state index in [1.807, 2.05) is 24.3 Å². The van der Waals surface area contributed by atoms with Crippen LogP contribution in [0.4, 0.5) is 0 Å². The summed E-state index contributed by atoms with van der Waals surface area (Å²) in [5, 5.41) is 8.94. The molecule has 24 heavy (non-hydrogen) atoms. The zero-order valence-corrected chi connectivity index (χ0v) is 13.2. The Morgan fingerprint density at radius 1 is 0.792 bits per heavy atom. The fourth-order valence-corrected chi connectivity index (χ4v) is 2.78. The van der Waals surface area contributed by atoms with Crippen molar-refractivity contribution in [1.29, 1.82) is 5.26 Å². The fourth-order valence-electron chi connectivity index (χ4n) is 2.78. The highest BCUT2D eigenvalue weighted by Crippen LogP contribution is 2.13. The van der Waals surface area contributed by atoms with Gasteiger partial charge in [0.2, 0.25) is 0 Å². The molecule has 0 unspecified atom stereocenters. The van der Waals surface area contributed by atoms with E-state index in [4.69, 9.17) is 5.26 Å². The number of hydrogen-bond acceptors (Lipinski definition) is 3. The topological polar surface area (TPSA) is 64.4 Å². The Bertz CT molecular complexity index is 788. The normalized spacial score (nSPS) is 14.1. The Labute approximate surface area is 140 Å². The van der Waals surface area contributed by atoms with Crippen LogP contribution in [-0.4, -0.2) is 47.8 Å². The molecule has 0 radical (unpaired) electrons. The zero-order valence-electron chi connectivity index (χ0n) is 13.2. The maximum Gasteiger partial charge on any atom is 0.254 e. The van der Waals surface area contributed by atoms with Gasteiger partial charge in [-0.05, 0) is 30.3 Å². The molecule has 2 aromatic rings. The second kappa shape index (κ2) is 6.97. The molecule has 1 aliphatic heterocycles. The van der Waals surface area contributed by atoms with Crippen LogP contribution in [0.25, 0.3) is 0 Å². The van der Waals surface area contributed by atoms with Crippen LogP contribution in [0.2, 0.25) is 0 Å². The van der Waals surface area contributed by atoms with Crippen molar-refractivity contribution in [2.75, 3.05) is 26.2 Å². The van der Waals surface area contributed by atoms with Crippen molar-refractivity contribution in [2.24, 2.45) is 0 Å². The van der Waals surface area contributed by atoms with Gasteiger partial charge < -0.3 is 9.80 Å². The summed E-state index contributed by atoms with van der Waals surface area (Å²) in [5.41, 5.74) is 1.65. The third kappa shape index (κ3) is 3.28. The molecule has 5 nitrogen and oxygen atoms in total. The average molecular weight is 319 g/mol. The van der Waals surface area contributed by atoms with Gasteiger partial charge in [0.1, 0.15) is 0 Å². The molecule has 1 fully saturated rings. The summed E-state index contributed by atoms with van der Waals surface area (Å²) >= 11 is 0. The van der Waals surface area contributed by atoms with Gasteiger partial charge in [0.05, 0.1) is 11.6 Å². The van der Waals surface area contributed by atoms with Crippen LogP contribution in [0.1, 0.15) is 26.3 Å². The molecule has 0 saturated carbocycles. The Kier molecular flexibility index (Phi) is 4.57. The third-order valence-corrected chi connectivity index (χ3v) is 4.11. The number of rotatable bonds is 2. The lowest BCUT2D eigenvalue weighted by Gasteiger charge is -2.34. The Hall–Kier alpha value is -3.13. The highest BCUT2D eigenvalue weighted by atomic mass is 16.2. The van der Waals surface area contributed by atoms with E-state index in [0.717, 1.165) is 0 Å². The van der Waals surface area contributed by atoms with E-state index < -0.39 is 0 Å². The predicted molar refractivity (Wildman–Crippen MR) is 89.4 cm³/mol. The highest BCUT2D eigenvalue weighted by molar-refractivity contribution is 5.96. The van der Waals surface area contributed by atoms with E-state index in [-0.39, 0.29) is 11.8 Å². The van der Waals surface area contributed by atoms with Crippen molar-refractivity contribution in [2.45, 2.75) is 0 Å². The minimum absolute atomic E-state index is 0.00539. The number of nitrogens with zero attached hydrogens (tertiary/aromatic N) is 3. The van der Waals surface area contributed by atoms with Crippen LogP contribution in [-0.2, 0) is 0 Å². The van der Waals surface area contributed by atoms with Crippen LogP contribution in [0.3, 0.4) is 0 Å². The van der Waals surface area contributed by atoms with Gasteiger partial charge in [-0.3, -0.25) is 9.59 Å². The molecular weight excluding hydrogens is 302 g/mol. The summed E-state index contributed by atoms with van der Waals surface area (Å²) in [7, 11) is 0. The lowest BCUT2D eigenvalue weighted by molar-refractivity contribution is 0.0535. The quantitative estimate of drug-likeness (QED) is 0.852. The molecule has 0 bridgehead atoms. The van der Waals surface area contributed by atoms with Gasteiger partial charge in [-0.2, -0.15) is 5.26 Å². The SMILES string of the molecule is N#Cc1cccc(C(=O)N2CCN(C(=O)c3ccccc3)CC2)c1. The first-order chi connectivity index (χ1) is 11.7. The van der Waals surface area contributed by atoms with Crippen LogP contribution >= 0.6 is 0 Å². The molecule has 0 aromatic heterocycles. The molecule has 3 rings (SSSR count). The summed E-state index contributed by atoms with van der Waals surface area (Å²) < 4.78 is 0. The van der Waals surface area contributed by atoms with Crippen molar-refractivity contribution in [3.63, 3.8) is 0 Å². The van der Waals surface area contributed by atoms with Gasteiger partial charge >= 0.3 is 0 Å². The number of carbonyl (C=O) groups excluding carboxylic acids is 2. The van der Waals surface area contributed by atoms with E-state index in [1.54, 1.807) is 46.2 Å². The molecule has 120 valence electrons. The first kappa shape index (κ1) is 15.8. The summed E-state index contributed by atoms with van der Waals surface area (Å²) in [6.07, 6.45) is 0. The molecule has 5 heteroatoms. The zero-order chi connectivity index (χ0) is 16.9. The molecule has 1 heterocycles. The van der Waals surface area contributed by atoms with E-state index in [0.29, 0.717) is 42.9 Å². The molecular formula is C19H17N3O2. The van der Waals surface area contributed by atoms with Gasteiger partial charge in [-0.15, -0.1) is 0 Å². The minimum Gasteiger partial charge on any atom is -0.335 e. The number of benzene rings is 2. The number of carbonyl (C=O) groups is 2. The standard InChI is InChI=1S/C19H17N3O2/c20-14-15-5-4-8-17(13-15)19(24)22-11-9-21(10-12-22)18(23)16-6-2-1-3-7-16/h1-8,13H,9-12H2. The molecule has 1 saturated heterocycles. The number of hydrogen-bond donors (Lipinski definition) is 0. The van der Waals surface area contributed by atoms with E-state index >= 15 is 0 Å². The Morgan fingerprint density at radius 2 is 1.33 bits per heavy atom. The predicted octanol–water partition coefficient (Wildman–Crippen LogP) is 2.16. The van der Waals surface area contributed by atoms with Crippen molar-refractivity contribution in [3.8, 4) is 6.07 Å². The average Bonchev–Trinajstić information content (AvgIpc) is 2.67. The van der Waals surface area contributed by atoms with Gasteiger partial charge in [-0.1, -0.05) is 24.3 Å². The van der Waals surface area contributed by atoms with Crippen LogP contribution in [0.5, 0.6) is 0 Å². The van der Waals surface area contributed by atoms with Crippen LogP contribution < -0.4 is 0 Å². The maximum absolute atomic E-state index is 12.5. The lowest BCUT2D eigenvalue weighted by atomic mass is 10.1. The Balaban J connectivity index is 1.63. The lowest BCUT2D eigenvalue weighted by Crippen LogP contribution is -2.50. The molecule has 0 spiro atoms. The van der Waals surface area contributed by atoms with E-state index in [9.17, 15) is 9.59 Å². The summed E-state index contributed by atoms with van der Waals surface area (Å²) in [6, 6.07) is 17.9. The highest BCUT2D eigenvalue weighted by Gasteiger charge is 2.25. The van der Waals surface area contributed by atoms with Gasteiger partial charge in [0.25, 0.3) is 11.8 Å². The fraction of sp³-hybridized carbons (Fsp3) is 0.211. The van der Waals surface area contributed by atoms with Crippen molar-refractivity contribution in [3.05, 3.63) is 71.3 Å². The molecule has 2 amide bonds. The smallest absolute Gasteiger partial charge is 0.254 e. The second-order valence-electron chi connectivity index (χ2n) is 5.64. The van der Waals surface area contributed by atoms with Crippen molar-refractivity contribution >= 4 is 11.8 Å². The molecule has 0 atom stereocenters. The van der Waals surface area contributed by atoms with Crippen LogP contribution in [0, 0.1) is 11.3 Å². The second-order valence-corrected chi connectivity index (χ2v) is 5.64. The van der Waals surface area contributed by atoms with Gasteiger partial charge in [0, 0.05) is 37.3 Å². The molecule has 1 aliphatic rings.